The molecule has 0 aliphatic carbocycles. The van der Waals surface area contributed by atoms with Crippen molar-refractivity contribution < 1.29 is 24.0 Å². The first-order chi connectivity index (χ1) is 9.88. The van der Waals surface area contributed by atoms with Crippen molar-refractivity contribution in [2.24, 2.45) is 0 Å². The summed E-state index contributed by atoms with van der Waals surface area (Å²) in [6.07, 6.45) is -0.375. The number of carbonyl (C=O) groups is 2. The predicted octanol–water partition coefficient (Wildman–Crippen LogP) is 2.46. The average Bonchev–Trinajstić information content (AvgIpc) is 2.45. The predicted molar refractivity (Wildman–Crippen MR) is 74.1 cm³/mol. The third-order valence-corrected chi connectivity index (χ3v) is 3.14. The number of halogens is 1. The van der Waals surface area contributed by atoms with Crippen molar-refractivity contribution in [1.29, 1.82) is 0 Å². The van der Waals surface area contributed by atoms with Crippen LogP contribution in [0, 0.1) is 10.1 Å². The minimum absolute atomic E-state index is 0.188. The molecule has 0 aliphatic heterocycles. The van der Waals surface area contributed by atoms with Crippen LogP contribution in [0.5, 0.6) is 0 Å². The van der Waals surface area contributed by atoms with Gasteiger partial charge >= 0.3 is 11.9 Å². The van der Waals surface area contributed by atoms with Crippen LogP contribution in [-0.2, 0) is 19.1 Å². The van der Waals surface area contributed by atoms with Gasteiger partial charge in [-0.1, -0.05) is 11.6 Å². The lowest BCUT2D eigenvalue weighted by Gasteiger charge is -2.15. The molecule has 1 aromatic carbocycles. The lowest BCUT2D eigenvalue weighted by atomic mass is 9.91. The maximum atomic E-state index is 11.5. The SMILES string of the molecule is COC(=O)CC(CC(=O)OC)c1cc(Cl)ccc1[N+](=O)[O-]. The highest BCUT2D eigenvalue weighted by atomic mass is 35.5. The number of rotatable bonds is 6. The molecule has 7 nitrogen and oxygen atoms in total. The van der Waals surface area contributed by atoms with Crippen molar-refractivity contribution in [1.82, 2.24) is 0 Å². The molecular weight excluding hydrogens is 302 g/mol. The van der Waals surface area contributed by atoms with E-state index in [1.165, 1.54) is 32.4 Å². The largest absolute Gasteiger partial charge is 0.469 e. The maximum absolute atomic E-state index is 11.5. The molecule has 0 bridgehead atoms. The van der Waals surface area contributed by atoms with Crippen LogP contribution in [0.15, 0.2) is 18.2 Å². The molecule has 0 heterocycles. The molecule has 0 N–H and O–H groups in total. The Morgan fingerprint density at radius 1 is 1.24 bits per heavy atom. The summed E-state index contributed by atoms with van der Waals surface area (Å²) < 4.78 is 9.11. The quantitative estimate of drug-likeness (QED) is 0.454. The first-order valence-electron chi connectivity index (χ1n) is 5.96. The zero-order valence-electron chi connectivity index (χ0n) is 11.5. The normalized spacial score (nSPS) is 10.3. The summed E-state index contributed by atoms with van der Waals surface area (Å²) in [7, 11) is 2.40. The van der Waals surface area contributed by atoms with Gasteiger partial charge in [0.1, 0.15) is 0 Å². The summed E-state index contributed by atoms with van der Waals surface area (Å²) in [4.78, 5) is 33.4. The molecule has 0 spiro atoms. The highest BCUT2D eigenvalue weighted by molar-refractivity contribution is 6.30. The van der Waals surface area contributed by atoms with Crippen LogP contribution in [0.3, 0.4) is 0 Å². The third kappa shape index (κ3) is 4.71. The van der Waals surface area contributed by atoms with Gasteiger partial charge in [-0.05, 0) is 12.1 Å². The monoisotopic (exact) mass is 315 g/mol. The minimum atomic E-state index is -0.746. The Morgan fingerprint density at radius 2 is 1.76 bits per heavy atom. The molecule has 114 valence electrons. The van der Waals surface area contributed by atoms with Gasteiger partial charge in [-0.15, -0.1) is 0 Å². The zero-order chi connectivity index (χ0) is 16.0. The number of hydrogen-bond acceptors (Lipinski definition) is 6. The van der Waals surface area contributed by atoms with Crippen LogP contribution >= 0.6 is 11.6 Å². The molecule has 0 saturated heterocycles. The van der Waals surface area contributed by atoms with Crippen LogP contribution < -0.4 is 0 Å². The van der Waals surface area contributed by atoms with E-state index in [-0.39, 0.29) is 29.1 Å². The Bertz CT molecular complexity index is 542. The lowest BCUT2D eigenvalue weighted by Crippen LogP contribution is -2.15. The second kappa shape index (κ2) is 7.58. The molecule has 0 amide bonds. The Kier molecular flexibility index (Phi) is 6.10. The van der Waals surface area contributed by atoms with E-state index in [1.54, 1.807) is 0 Å². The number of nitro benzene ring substituents is 1. The van der Waals surface area contributed by atoms with E-state index >= 15 is 0 Å². The van der Waals surface area contributed by atoms with E-state index in [1.807, 2.05) is 0 Å². The highest BCUT2D eigenvalue weighted by Gasteiger charge is 2.27. The van der Waals surface area contributed by atoms with Crippen LogP contribution in [0.25, 0.3) is 0 Å². The van der Waals surface area contributed by atoms with Gasteiger partial charge in [0.15, 0.2) is 0 Å². The molecule has 0 atom stereocenters. The standard InChI is InChI=1S/C13H14ClNO6/c1-20-12(16)5-8(6-13(17)21-2)10-7-9(14)3-4-11(10)15(18)19/h3-4,7-8H,5-6H2,1-2H3. The van der Waals surface area contributed by atoms with Gasteiger partial charge < -0.3 is 9.47 Å². The van der Waals surface area contributed by atoms with Gasteiger partial charge in [0.05, 0.1) is 32.0 Å². The second-order valence-electron chi connectivity index (χ2n) is 4.22. The van der Waals surface area contributed by atoms with Crippen molar-refractivity contribution in [3.05, 3.63) is 38.9 Å². The molecule has 1 rings (SSSR count). The molecule has 0 fully saturated rings. The summed E-state index contributed by atoms with van der Waals surface area (Å²) in [5.41, 5.74) is -0.0134. The first-order valence-corrected chi connectivity index (χ1v) is 6.34. The Balaban J connectivity index is 3.23. The molecule has 8 heteroatoms. The van der Waals surface area contributed by atoms with Gasteiger partial charge in [-0.3, -0.25) is 19.7 Å². The lowest BCUT2D eigenvalue weighted by molar-refractivity contribution is -0.385. The van der Waals surface area contributed by atoms with Gasteiger partial charge in [0, 0.05) is 22.6 Å². The van der Waals surface area contributed by atoms with Crippen LogP contribution in [0.2, 0.25) is 5.02 Å². The van der Waals surface area contributed by atoms with Gasteiger partial charge in [0.2, 0.25) is 0 Å². The number of hydrogen-bond donors (Lipinski definition) is 0. The molecule has 0 radical (unpaired) electrons. The highest BCUT2D eigenvalue weighted by Crippen LogP contribution is 2.34. The van der Waals surface area contributed by atoms with Crippen LogP contribution in [-0.4, -0.2) is 31.1 Å². The van der Waals surface area contributed by atoms with Crippen LogP contribution in [0.1, 0.15) is 24.3 Å². The molecule has 1 aromatic rings. The minimum Gasteiger partial charge on any atom is -0.469 e. The fourth-order valence-electron chi connectivity index (χ4n) is 1.88. The number of carbonyl (C=O) groups excluding carboxylic acids is 2. The van der Waals surface area contributed by atoms with E-state index < -0.39 is 22.8 Å². The molecule has 0 aliphatic rings. The van der Waals surface area contributed by atoms with E-state index in [0.717, 1.165) is 0 Å². The number of ether oxygens (including phenoxy) is 2. The number of methoxy groups -OCH3 is 2. The Labute approximate surface area is 125 Å². The van der Waals surface area contributed by atoms with E-state index in [9.17, 15) is 19.7 Å². The summed E-state index contributed by atoms with van der Waals surface area (Å²) in [5, 5.41) is 11.4. The Morgan fingerprint density at radius 3 is 2.19 bits per heavy atom. The molecular formula is C13H14ClNO6. The number of benzene rings is 1. The van der Waals surface area contributed by atoms with Crippen molar-refractivity contribution in [2.75, 3.05) is 14.2 Å². The third-order valence-electron chi connectivity index (χ3n) is 2.91. The fraction of sp³-hybridized carbons (Fsp3) is 0.385. The maximum Gasteiger partial charge on any atom is 0.306 e. The smallest absolute Gasteiger partial charge is 0.306 e. The molecule has 0 saturated carbocycles. The summed E-state index contributed by atoms with van der Waals surface area (Å²) in [6.45, 7) is 0. The van der Waals surface area contributed by atoms with Gasteiger partial charge in [-0.2, -0.15) is 0 Å². The molecule has 21 heavy (non-hydrogen) atoms. The number of nitrogens with zero attached hydrogens (tertiary/aromatic N) is 1. The second-order valence-corrected chi connectivity index (χ2v) is 4.65. The van der Waals surface area contributed by atoms with Crippen LogP contribution in [0.4, 0.5) is 5.69 Å². The van der Waals surface area contributed by atoms with Gasteiger partial charge in [0.25, 0.3) is 5.69 Å². The van der Waals surface area contributed by atoms with Crippen molar-refractivity contribution in [3.8, 4) is 0 Å². The first kappa shape index (κ1) is 16.9. The van der Waals surface area contributed by atoms with E-state index in [2.05, 4.69) is 9.47 Å². The number of nitro groups is 1. The van der Waals surface area contributed by atoms with Crippen molar-refractivity contribution in [3.63, 3.8) is 0 Å². The Hall–Kier alpha value is -2.15. The molecule has 0 unspecified atom stereocenters. The van der Waals surface area contributed by atoms with Crippen molar-refractivity contribution >= 4 is 29.2 Å². The van der Waals surface area contributed by atoms with E-state index in [0.29, 0.717) is 0 Å². The average molecular weight is 316 g/mol. The zero-order valence-corrected chi connectivity index (χ0v) is 12.3. The van der Waals surface area contributed by atoms with Crippen molar-refractivity contribution in [2.45, 2.75) is 18.8 Å². The summed E-state index contributed by atoms with van der Waals surface area (Å²) in [5.74, 6) is -1.92. The topological polar surface area (TPSA) is 95.7 Å². The summed E-state index contributed by atoms with van der Waals surface area (Å²) >= 11 is 5.85. The van der Waals surface area contributed by atoms with Gasteiger partial charge in [-0.25, -0.2) is 0 Å². The molecule has 0 aromatic heterocycles. The fourth-order valence-corrected chi connectivity index (χ4v) is 2.06. The summed E-state index contributed by atoms with van der Waals surface area (Å²) in [6, 6.07) is 3.98. The van der Waals surface area contributed by atoms with E-state index in [4.69, 9.17) is 11.6 Å². The number of esters is 2.